The second kappa shape index (κ2) is 8.50. The Hall–Kier alpha value is -2.33. The number of ether oxygens (including phenoxy) is 1. The molecule has 0 bridgehead atoms. The SMILES string of the molecule is CC(C)C(OC(=O)Cc1ccc(Cl)cc1)C(=O)Nc1ccccc1. The van der Waals surface area contributed by atoms with Gasteiger partial charge >= 0.3 is 5.97 Å². The topological polar surface area (TPSA) is 55.4 Å². The van der Waals surface area contributed by atoms with E-state index in [2.05, 4.69) is 5.32 Å². The van der Waals surface area contributed by atoms with Crippen LogP contribution in [0.15, 0.2) is 54.6 Å². The molecule has 2 aromatic carbocycles. The molecule has 0 heterocycles. The van der Waals surface area contributed by atoms with E-state index in [-0.39, 0.29) is 18.2 Å². The van der Waals surface area contributed by atoms with Gasteiger partial charge in [0.15, 0.2) is 6.10 Å². The number of benzene rings is 2. The molecular weight excluding hydrogens is 326 g/mol. The van der Waals surface area contributed by atoms with Crippen LogP contribution in [0.5, 0.6) is 0 Å². The van der Waals surface area contributed by atoms with Crippen LogP contribution in [0.1, 0.15) is 19.4 Å². The van der Waals surface area contributed by atoms with E-state index < -0.39 is 12.1 Å². The third-order valence-corrected chi connectivity index (χ3v) is 3.68. The van der Waals surface area contributed by atoms with Crippen molar-refractivity contribution in [3.63, 3.8) is 0 Å². The van der Waals surface area contributed by atoms with Gasteiger partial charge in [0, 0.05) is 10.7 Å². The molecule has 1 N–H and O–H groups in total. The van der Waals surface area contributed by atoms with Gasteiger partial charge < -0.3 is 10.1 Å². The Balaban J connectivity index is 1.98. The molecule has 5 heteroatoms. The Morgan fingerprint density at radius 1 is 1.04 bits per heavy atom. The largest absolute Gasteiger partial charge is 0.452 e. The highest BCUT2D eigenvalue weighted by atomic mass is 35.5. The lowest BCUT2D eigenvalue weighted by atomic mass is 10.1. The first-order valence-electron chi connectivity index (χ1n) is 7.75. The van der Waals surface area contributed by atoms with Gasteiger partial charge in [-0.2, -0.15) is 0 Å². The lowest BCUT2D eigenvalue weighted by molar-refractivity contribution is -0.156. The molecule has 0 saturated carbocycles. The Labute approximate surface area is 146 Å². The van der Waals surface area contributed by atoms with Crippen LogP contribution < -0.4 is 5.32 Å². The summed E-state index contributed by atoms with van der Waals surface area (Å²) in [6.07, 6.45) is -0.746. The molecule has 1 atom stereocenters. The summed E-state index contributed by atoms with van der Waals surface area (Å²) in [5.74, 6) is -0.914. The highest BCUT2D eigenvalue weighted by molar-refractivity contribution is 6.30. The van der Waals surface area contributed by atoms with Crippen molar-refractivity contribution in [3.8, 4) is 0 Å². The summed E-state index contributed by atoms with van der Waals surface area (Å²) < 4.78 is 5.40. The second-order valence-corrected chi connectivity index (χ2v) is 6.25. The van der Waals surface area contributed by atoms with Crippen molar-refractivity contribution in [3.05, 3.63) is 65.2 Å². The number of carbonyl (C=O) groups excluding carboxylic acids is 2. The first kappa shape index (κ1) is 18.0. The van der Waals surface area contributed by atoms with E-state index in [1.54, 1.807) is 36.4 Å². The molecule has 0 radical (unpaired) electrons. The fourth-order valence-corrected chi connectivity index (χ4v) is 2.31. The maximum atomic E-state index is 12.4. The number of halogens is 1. The maximum absolute atomic E-state index is 12.4. The summed E-state index contributed by atoms with van der Waals surface area (Å²) in [6.45, 7) is 3.68. The van der Waals surface area contributed by atoms with Crippen molar-refractivity contribution >= 4 is 29.2 Å². The molecule has 4 nitrogen and oxygen atoms in total. The van der Waals surface area contributed by atoms with Crippen LogP contribution >= 0.6 is 11.6 Å². The number of amides is 1. The quantitative estimate of drug-likeness (QED) is 0.802. The van der Waals surface area contributed by atoms with Gasteiger partial charge in [-0.3, -0.25) is 9.59 Å². The van der Waals surface area contributed by atoms with E-state index in [1.807, 2.05) is 32.0 Å². The molecule has 0 aliphatic rings. The molecule has 1 amide bonds. The van der Waals surface area contributed by atoms with Crippen LogP contribution in [0.4, 0.5) is 5.69 Å². The zero-order chi connectivity index (χ0) is 17.5. The third kappa shape index (κ3) is 5.39. The van der Waals surface area contributed by atoms with E-state index >= 15 is 0 Å². The van der Waals surface area contributed by atoms with Crippen LogP contribution in [-0.4, -0.2) is 18.0 Å². The van der Waals surface area contributed by atoms with Crippen LogP contribution in [0, 0.1) is 5.92 Å². The number of nitrogens with one attached hydrogen (secondary N) is 1. The summed E-state index contributed by atoms with van der Waals surface area (Å²) in [5, 5.41) is 3.37. The number of para-hydroxylation sites is 1. The number of rotatable bonds is 6. The summed E-state index contributed by atoms with van der Waals surface area (Å²) in [7, 11) is 0. The lowest BCUT2D eigenvalue weighted by Crippen LogP contribution is -2.37. The van der Waals surface area contributed by atoms with E-state index in [1.165, 1.54) is 0 Å². The van der Waals surface area contributed by atoms with E-state index in [4.69, 9.17) is 16.3 Å². The highest BCUT2D eigenvalue weighted by Gasteiger charge is 2.26. The molecule has 24 heavy (non-hydrogen) atoms. The van der Waals surface area contributed by atoms with Gasteiger partial charge in [0.05, 0.1) is 6.42 Å². The summed E-state index contributed by atoms with van der Waals surface area (Å²) in [4.78, 5) is 24.5. The van der Waals surface area contributed by atoms with Crippen LogP contribution in [-0.2, 0) is 20.7 Å². The first-order valence-corrected chi connectivity index (χ1v) is 8.13. The van der Waals surface area contributed by atoms with Crippen molar-refractivity contribution in [2.45, 2.75) is 26.4 Å². The fourth-order valence-electron chi connectivity index (χ4n) is 2.18. The van der Waals surface area contributed by atoms with Crippen molar-refractivity contribution in [1.29, 1.82) is 0 Å². The fraction of sp³-hybridized carbons (Fsp3) is 0.263. The molecule has 1 unspecified atom stereocenters. The highest BCUT2D eigenvalue weighted by Crippen LogP contribution is 2.14. The van der Waals surface area contributed by atoms with Gasteiger partial charge in [-0.15, -0.1) is 0 Å². The van der Waals surface area contributed by atoms with Crippen molar-refractivity contribution in [1.82, 2.24) is 0 Å². The van der Waals surface area contributed by atoms with E-state index in [9.17, 15) is 9.59 Å². The molecule has 2 rings (SSSR count). The predicted molar refractivity (Wildman–Crippen MR) is 94.9 cm³/mol. The third-order valence-electron chi connectivity index (χ3n) is 3.43. The average molecular weight is 346 g/mol. The van der Waals surface area contributed by atoms with Gasteiger partial charge in [-0.1, -0.05) is 55.8 Å². The molecule has 0 aliphatic heterocycles. The standard InChI is InChI=1S/C19H20ClNO3/c1-13(2)18(19(23)21-16-6-4-3-5-7-16)24-17(22)12-14-8-10-15(20)11-9-14/h3-11,13,18H,12H2,1-2H3,(H,21,23). The van der Waals surface area contributed by atoms with Crippen LogP contribution in [0.2, 0.25) is 5.02 Å². The number of hydrogen-bond acceptors (Lipinski definition) is 3. The zero-order valence-electron chi connectivity index (χ0n) is 13.7. The average Bonchev–Trinajstić information content (AvgIpc) is 2.55. The Morgan fingerprint density at radius 2 is 1.67 bits per heavy atom. The number of hydrogen-bond donors (Lipinski definition) is 1. The van der Waals surface area contributed by atoms with E-state index in [0.717, 1.165) is 5.56 Å². The minimum atomic E-state index is -0.843. The number of esters is 1. The van der Waals surface area contributed by atoms with Gasteiger partial charge in [-0.05, 0) is 35.7 Å². The molecular formula is C19H20ClNO3. The number of carbonyl (C=O) groups is 2. The Bertz CT molecular complexity index is 684. The summed E-state index contributed by atoms with van der Waals surface area (Å²) in [5.41, 5.74) is 1.46. The van der Waals surface area contributed by atoms with Gasteiger partial charge in [0.25, 0.3) is 5.91 Å². The van der Waals surface area contributed by atoms with Crippen LogP contribution in [0.3, 0.4) is 0 Å². The lowest BCUT2D eigenvalue weighted by Gasteiger charge is -2.20. The Kier molecular flexibility index (Phi) is 6.38. The maximum Gasteiger partial charge on any atom is 0.311 e. The smallest absolute Gasteiger partial charge is 0.311 e. The Morgan fingerprint density at radius 3 is 2.25 bits per heavy atom. The summed E-state index contributed by atoms with van der Waals surface area (Å²) >= 11 is 5.82. The number of anilines is 1. The first-order chi connectivity index (χ1) is 11.5. The molecule has 2 aromatic rings. The predicted octanol–water partition coefficient (Wildman–Crippen LogP) is 4.09. The molecule has 0 fully saturated rings. The minimum absolute atomic E-state index is 0.0962. The molecule has 0 aliphatic carbocycles. The normalized spacial score (nSPS) is 11.8. The van der Waals surface area contributed by atoms with Gasteiger partial charge in [-0.25, -0.2) is 0 Å². The van der Waals surface area contributed by atoms with Crippen molar-refractivity contribution < 1.29 is 14.3 Å². The van der Waals surface area contributed by atoms with Crippen molar-refractivity contribution in [2.24, 2.45) is 5.92 Å². The monoisotopic (exact) mass is 345 g/mol. The second-order valence-electron chi connectivity index (χ2n) is 5.81. The van der Waals surface area contributed by atoms with Crippen LogP contribution in [0.25, 0.3) is 0 Å². The zero-order valence-corrected chi connectivity index (χ0v) is 14.4. The summed E-state index contributed by atoms with van der Waals surface area (Å²) in [6, 6.07) is 16.0. The van der Waals surface area contributed by atoms with Gasteiger partial charge in [0.2, 0.25) is 0 Å². The molecule has 0 aromatic heterocycles. The molecule has 0 saturated heterocycles. The van der Waals surface area contributed by atoms with E-state index in [0.29, 0.717) is 10.7 Å². The molecule has 0 spiro atoms. The van der Waals surface area contributed by atoms with Gasteiger partial charge in [0.1, 0.15) is 0 Å². The van der Waals surface area contributed by atoms with Crippen molar-refractivity contribution in [2.75, 3.05) is 5.32 Å². The molecule has 126 valence electrons. The minimum Gasteiger partial charge on any atom is -0.452 e.